The fourth-order valence-corrected chi connectivity index (χ4v) is 2.26. The molecule has 1 atom stereocenters. The molecule has 1 unspecified atom stereocenters. The Bertz CT molecular complexity index is 356. The van der Waals surface area contributed by atoms with E-state index in [1.165, 1.54) is 0 Å². The molecule has 0 radical (unpaired) electrons. The number of rotatable bonds is 5. The van der Waals surface area contributed by atoms with Crippen LogP contribution in [0.4, 0.5) is 11.6 Å². The first kappa shape index (κ1) is 12.2. The van der Waals surface area contributed by atoms with Crippen molar-refractivity contribution in [3.8, 4) is 0 Å². The van der Waals surface area contributed by atoms with Crippen LogP contribution >= 0.6 is 0 Å². The van der Waals surface area contributed by atoms with E-state index >= 15 is 0 Å². The molecule has 1 fully saturated rings. The molecule has 0 aromatic carbocycles. The first-order valence-electron chi connectivity index (χ1n) is 6.43. The molecule has 4 heteroatoms. The lowest BCUT2D eigenvalue weighted by Crippen LogP contribution is -2.32. The van der Waals surface area contributed by atoms with Gasteiger partial charge in [-0.1, -0.05) is 13.0 Å². The molecule has 1 aromatic rings. The van der Waals surface area contributed by atoms with E-state index in [0.29, 0.717) is 0 Å². The van der Waals surface area contributed by atoms with Crippen molar-refractivity contribution in [2.24, 2.45) is 0 Å². The lowest BCUT2D eigenvalue weighted by molar-refractivity contribution is 0.266. The number of pyridine rings is 1. The number of nitrogens with one attached hydrogen (secondary N) is 1. The van der Waals surface area contributed by atoms with Gasteiger partial charge in [0, 0.05) is 13.1 Å². The molecular weight excluding hydrogens is 214 g/mol. The van der Waals surface area contributed by atoms with Gasteiger partial charge >= 0.3 is 0 Å². The Morgan fingerprint density at radius 1 is 1.53 bits per heavy atom. The third-order valence-corrected chi connectivity index (χ3v) is 3.17. The smallest absolute Gasteiger partial charge is 0.131 e. The largest absolute Gasteiger partial charge is 0.394 e. The molecule has 0 spiro atoms. The molecule has 17 heavy (non-hydrogen) atoms. The van der Waals surface area contributed by atoms with E-state index in [2.05, 4.69) is 22.1 Å². The highest BCUT2D eigenvalue weighted by Gasteiger charge is 2.24. The van der Waals surface area contributed by atoms with Gasteiger partial charge in [0.25, 0.3) is 0 Å². The lowest BCUT2D eigenvalue weighted by Gasteiger charge is -2.24. The molecule has 2 N–H and O–H groups in total. The second kappa shape index (κ2) is 5.87. The summed E-state index contributed by atoms with van der Waals surface area (Å²) in [5.41, 5.74) is 0. The van der Waals surface area contributed by atoms with Gasteiger partial charge in [0.1, 0.15) is 11.6 Å². The Morgan fingerprint density at radius 3 is 3.18 bits per heavy atom. The maximum absolute atomic E-state index is 9.32. The summed E-state index contributed by atoms with van der Waals surface area (Å²) < 4.78 is 0. The Kier molecular flexibility index (Phi) is 4.20. The molecular formula is C13H21N3O. The van der Waals surface area contributed by atoms with Crippen molar-refractivity contribution in [3.63, 3.8) is 0 Å². The van der Waals surface area contributed by atoms with Crippen molar-refractivity contribution in [3.05, 3.63) is 18.2 Å². The first-order valence-corrected chi connectivity index (χ1v) is 6.43. The Morgan fingerprint density at radius 2 is 2.41 bits per heavy atom. The number of hydrogen-bond acceptors (Lipinski definition) is 4. The highest BCUT2D eigenvalue weighted by Crippen LogP contribution is 2.24. The monoisotopic (exact) mass is 235 g/mol. The summed E-state index contributed by atoms with van der Waals surface area (Å²) in [5.74, 6) is 1.90. The third kappa shape index (κ3) is 2.88. The van der Waals surface area contributed by atoms with Crippen molar-refractivity contribution in [2.75, 3.05) is 29.9 Å². The number of hydrogen-bond donors (Lipinski definition) is 2. The average Bonchev–Trinajstić information content (AvgIpc) is 2.85. The maximum Gasteiger partial charge on any atom is 0.131 e. The summed E-state index contributed by atoms with van der Waals surface area (Å²) in [7, 11) is 0. The van der Waals surface area contributed by atoms with Crippen molar-refractivity contribution < 1.29 is 5.11 Å². The number of anilines is 2. The summed E-state index contributed by atoms with van der Waals surface area (Å²) in [6, 6.07) is 6.27. The van der Waals surface area contributed by atoms with E-state index in [-0.39, 0.29) is 12.6 Å². The SMILES string of the molecule is CCCNc1cccc(N2CCCC2CO)n1. The number of aliphatic hydroxyl groups is 1. The zero-order valence-corrected chi connectivity index (χ0v) is 10.4. The predicted molar refractivity (Wildman–Crippen MR) is 70.5 cm³/mol. The fourth-order valence-electron chi connectivity index (χ4n) is 2.26. The molecule has 1 aliphatic rings. The van der Waals surface area contributed by atoms with Gasteiger partial charge in [0.15, 0.2) is 0 Å². The minimum Gasteiger partial charge on any atom is -0.394 e. The Balaban J connectivity index is 2.09. The summed E-state index contributed by atoms with van der Waals surface area (Å²) in [6.45, 7) is 4.29. The summed E-state index contributed by atoms with van der Waals surface area (Å²) in [5, 5.41) is 12.6. The normalized spacial score (nSPS) is 19.6. The summed E-state index contributed by atoms with van der Waals surface area (Å²) in [4.78, 5) is 6.80. The Hall–Kier alpha value is -1.29. The van der Waals surface area contributed by atoms with Gasteiger partial charge in [0.05, 0.1) is 12.6 Å². The standard InChI is InChI=1S/C13H21N3O/c1-2-8-14-12-6-3-7-13(15-12)16-9-4-5-11(16)10-17/h3,6-7,11,17H,2,4-5,8-10H2,1H3,(H,14,15). The van der Waals surface area contributed by atoms with Gasteiger partial charge in [-0.15, -0.1) is 0 Å². The van der Waals surface area contributed by atoms with Crippen LogP contribution < -0.4 is 10.2 Å². The van der Waals surface area contributed by atoms with Gasteiger partial charge in [-0.3, -0.25) is 0 Å². The third-order valence-electron chi connectivity index (χ3n) is 3.17. The molecule has 2 rings (SSSR count). The van der Waals surface area contributed by atoms with E-state index in [1.807, 2.05) is 18.2 Å². The molecule has 1 aliphatic heterocycles. The molecule has 1 saturated heterocycles. The fraction of sp³-hybridized carbons (Fsp3) is 0.615. The Labute approximate surface area is 103 Å². The van der Waals surface area contributed by atoms with Crippen LogP contribution in [0.15, 0.2) is 18.2 Å². The van der Waals surface area contributed by atoms with Crippen LogP contribution in [0.3, 0.4) is 0 Å². The molecule has 0 bridgehead atoms. The van der Waals surface area contributed by atoms with Gasteiger partial charge in [-0.25, -0.2) is 4.98 Å². The minimum absolute atomic E-state index is 0.217. The van der Waals surface area contributed by atoms with E-state index in [0.717, 1.165) is 44.0 Å². The number of nitrogens with zero attached hydrogens (tertiary/aromatic N) is 2. The number of aliphatic hydroxyl groups excluding tert-OH is 1. The molecule has 4 nitrogen and oxygen atoms in total. The van der Waals surface area contributed by atoms with Crippen molar-refractivity contribution >= 4 is 11.6 Å². The van der Waals surface area contributed by atoms with E-state index < -0.39 is 0 Å². The molecule has 0 amide bonds. The second-order valence-corrected chi connectivity index (χ2v) is 4.48. The molecule has 1 aromatic heterocycles. The molecule has 0 aliphatic carbocycles. The van der Waals surface area contributed by atoms with Crippen LogP contribution in [-0.4, -0.2) is 35.8 Å². The molecule has 2 heterocycles. The quantitative estimate of drug-likeness (QED) is 0.818. The van der Waals surface area contributed by atoms with Crippen LogP contribution in [0.25, 0.3) is 0 Å². The minimum atomic E-state index is 0.217. The van der Waals surface area contributed by atoms with Gasteiger partial charge in [-0.05, 0) is 31.4 Å². The maximum atomic E-state index is 9.32. The van der Waals surface area contributed by atoms with E-state index in [1.54, 1.807) is 0 Å². The zero-order chi connectivity index (χ0) is 12.1. The van der Waals surface area contributed by atoms with Gasteiger partial charge in [0.2, 0.25) is 0 Å². The highest BCUT2D eigenvalue weighted by molar-refractivity contribution is 5.48. The number of aromatic nitrogens is 1. The van der Waals surface area contributed by atoms with Crippen LogP contribution in [-0.2, 0) is 0 Å². The predicted octanol–water partition coefficient (Wildman–Crippen LogP) is 1.86. The summed E-state index contributed by atoms with van der Waals surface area (Å²) >= 11 is 0. The van der Waals surface area contributed by atoms with E-state index in [4.69, 9.17) is 0 Å². The van der Waals surface area contributed by atoms with Crippen molar-refractivity contribution in [1.29, 1.82) is 0 Å². The van der Waals surface area contributed by atoms with Crippen LogP contribution in [0.5, 0.6) is 0 Å². The van der Waals surface area contributed by atoms with Crippen LogP contribution in [0.2, 0.25) is 0 Å². The summed E-state index contributed by atoms with van der Waals surface area (Å²) in [6.07, 6.45) is 3.29. The highest BCUT2D eigenvalue weighted by atomic mass is 16.3. The average molecular weight is 235 g/mol. The van der Waals surface area contributed by atoms with E-state index in [9.17, 15) is 5.11 Å². The van der Waals surface area contributed by atoms with Crippen molar-refractivity contribution in [1.82, 2.24) is 4.98 Å². The van der Waals surface area contributed by atoms with Gasteiger partial charge in [-0.2, -0.15) is 0 Å². The zero-order valence-electron chi connectivity index (χ0n) is 10.4. The second-order valence-electron chi connectivity index (χ2n) is 4.48. The topological polar surface area (TPSA) is 48.4 Å². The molecule has 0 saturated carbocycles. The lowest BCUT2D eigenvalue weighted by atomic mass is 10.2. The molecule has 94 valence electrons. The van der Waals surface area contributed by atoms with Crippen LogP contribution in [0.1, 0.15) is 26.2 Å². The van der Waals surface area contributed by atoms with Crippen molar-refractivity contribution in [2.45, 2.75) is 32.2 Å². The van der Waals surface area contributed by atoms with Gasteiger partial charge < -0.3 is 15.3 Å². The first-order chi connectivity index (χ1) is 8.35. The van der Waals surface area contributed by atoms with Crippen LogP contribution in [0, 0.1) is 0 Å².